The lowest BCUT2D eigenvalue weighted by atomic mass is 10.0. The van der Waals surface area contributed by atoms with Crippen LogP contribution in [-0.2, 0) is 13.0 Å². The fourth-order valence-corrected chi connectivity index (χ4v) is 5.49. The van der Waals surface area contributed by atoms with Gasteiger partial charge in [-0.25, -0.2) is 9.13 Å². The normalized spacial score (nSPS) is 11.7. The minimum Gasteiger partial charge on any atom is -0.234 e. The SMILES string of the molecule is CCCCCCCCCCCCCCCCCCCc1n(CCCCCCCC)cc[n+]1C(C)C. The molecule has 0 aromatic carbocycles. The lowest BCUT2D eigenvalue weighted by Crippen LogP contribution is -2.39. The molecule has 2 nitrogen and oxygen atoms in total. The molecule has 2 heteroatoms. The zero-order valence-electron chi connectivity index (χ0n) is 24.8. The molecule has 206 valence electrons. The Morgan fingerprint density at radius 3 is 1.31 bits per heavy atom. The molecule has 0 spiro atoms. The van der Waals surface area contributed by atoms with Crippen LogP contribution in [0.15, 0.2) is 12.4 Å². The molecule has 1 rings (SSSR count). The van der Waals surface area contributed by atoms with E-state index in [1.165, 1.54) is 161 Å². The minimum absolute atomic E-state index is 0.571. The molecule has 0 aliphatic rings. The van der Waals surface area contributed by atoms with Gasteiger partial charge in [0, 0.05) is 6.42 Å². The van der Waals surface area contributed by atoms with Gasteiger partial charge in [0.1, 0.15) is 12.4 Å². The summed E-state index contributed by atoms with van der Waals surface area (Å²) < 4.78 is 5.08. The van der Waals surface area contributed by atoms with Crippen molar-refractivity contribution in [3.05, 3.63) is 18.2 Å². The highest BCUT2D eigenvalue weighted by Gasteiger charge is 2.18. The molecule has 0 aliphatic heterocycles. The standard InChI is InChI=1S/C33H65N2/c1-5-7-9-11-13-14-15-16-17-18-19-20-21-22-23-24-26-28-33-34(30-31-35(33)32(3)4)29-27-25-12-10-8-6-2/h30-32H,5-29H2,1-4H3/q+1. The average molecular weight is 490 g/mol. The second kappa shape index (κ2) is 23.6. The van der Waals surface area contributed by atoms with Crippen LogP contribution in [0.4, 0.5) is 0 Å². The van der Waals surface area contributed by atoms with E-state index in [1.54, 1.807) is 5.82 Å². The van der Waals surface area contributed by atoms with Crippen molar-refractivity contribution in [2.24, 2.45) is 0 Å². The lowest BCUT2D eigenvalue weighted by molar-refractivity contribution is -0.722. The molecule has 1 heterocycles. The topological polar surface area (TPSA) is 8.81 Å². The van der Waals surface area contributed by atoms with E-state index < -0.39 is 0 Å². The molecule has 35 heavy (non-hydrogen) atoms. The minimum atomic E-state index is 0.571. The summed E-state index contributed by atoms with van der Waals surface area (Å²) in [6.07, 6.45) is 38.8. The zero-order chi connectivity index (χ0) is 25.4. The Morgan fingerprint density at radius 1 is 0.543 bits per heavy atom. The van der Waals surface area contributed by atoms with E-state index >= 15 is 0 Å². The van der Waals surface area contributed by atoms with Crippen LogP contribution in [0.2, 0.25) is 0 Å². The number of rotatable bonds is 26. The summed E-state index contributed by atoms with van der Waals surface area (Å²) in [5.74, 6) is 1.56. The summed E-state index contributed by atoms with van der Waals surface area (Å²) in [4.78, 5) is 0. The summed E-state index contributed by atoms with van der Waals surface area (Å²) in [6, 6.07) is 0.571. The number of aryl methyl sites for hydroxylation is 1. The second-order valence-corrected chi connectivity index (χ2v) is 11.6. The molecule has 1 aromatic heterocycles. The van der Waals surface area contributed by atoms with Crippen LogP contribution in [-0.4, -0.2) is 4.57 Å². The van der Waals surface area contributed by atoms with Crippen molar-refractivity contribution in [3.63, 3.8) is 0 Å². The number of unbranched alkanes of at least 4 members (excludes halogenated alkanes) is 21. The van der Waals surface area contributed by atoms with Crippen molar-refractivity contribution < 1.29 is 4.57 Å². The first-order valence-electron chi connectivity index (χ1n) is 16.3. The fraction of sp³-hybridized carbons (Fsp3) is 0.909. The first-order valence-corrected chi connectivity index (χ1v) is 16.3. The van der Waals surface area contributed by atoms with Crippen molar-refractivity contribution in [1.82, 2.24) is 4.57 Å². The number of nitrogens with zero attached hydrogens (tertiary/aromatic N) is 2. The highest BCUT2D eigenvalue weighted by Crippen LogP contribution is 2.15. The second-order valence-electron chi connectivity index (χ2n) is 11.6. The molecule has 0 saturated carbocycles. The Bertz CT molecular complexity index is 559. The van der Waals surface area contributed by atoms with Crippen LogP contribution < -0.4 is 4.57 Å². The van der Waals surface area contributed by atoms with Crippen molar-refractivity contribution in [3.8, 4) is 0 Å². The third-order valence-electron chi connectivity index (χ3n) is 7.85. The molecule has 0 N–H and O–H groups in total. The Labute approximate surface area is 221 Å². The van der Waals surface area contributed by atoms with Crippen LogP contribution in [0.25, 0.3) is 0 Å². The molecule has 1 aromatic rings. The Morgan fingerprint density at radius 2 is 0.914 bits per heavy atom. The van der Waals surface area contributed by atoms with Crippen LogP contribution >= 0.6 is 0 Å². The van der Waals surface area contributed by atoms with E-state index in [0.717, 1.165) is 0 Å². The van der Waals surface area contributed by atoms with Crippen LogP contribution in [0.1, 0.15) is 187 Å². The van der Waals surface area contributed by atoms with E-state index in [-0.39, 0.29) is 0 Å². The van der Waals surface area contributed by atoms with E-state index in [4.69, 9.17) is 0 Å². The molecule has 0 bridgehead atoms. The first-order chi connectivity index (χ1) is 17.2. The van der Waals surface area contributed by atoms with E-state index in [0.29, 0.717) is 6.04 Å². The molecule has 0 fully saturated rings. The van der Waals surface area contributed by atoms with E-state index in [9.17, 15) is 0 Å². The van der Waals surface area contributed by atoms with Gasteiger partial charge in [-0.1, -0.05) is 142 Å². The maximum Gasteiger partial charge on any atom is 0.256 e. The highest BCUT2D eigenvalue weighted by atomic mass is 15.2. The van der Waals surface area contributed by atoms with Crippen LogP contribution in [0.5, 0.6) is 0 Å². The zero-order valence-corrected chi connectivity index (χ0v) is 24.8. The number of imidazole rings is 1. The lowest BCUT2D eigenvalue weighted by Gasteiger charge is -2.08. The average Bonchev–Trinajstić information content (AvgIpc) is 3.26. The number of aromatic nitrogens is 2. The van der Waals surface area contributed by atoms with Crippen LogP contribution in [0.3, 0.4) is 0 Å². The predicted molar refractivity (Wildman–Crippen MR) is 156 cm³/mol. The summed E-state index contributed by atoms with van der Waals surface area (Å²) in [5, 5.41) is 0. The quantitative estimate of drug-likeness (QED) is 0.0903. The maximum atomic E-state index is 2.56. The first kappa shape index (κ1) is 32.2. The molecular weight excluding hydrogens is 424 g/mol. The molecule has 0 saturated heterocycles. The number of hydrogen-bond acceptors (Lipinski definition) is 0. The fourth-order valence-electron chi connectivity index (χ4n) is 5.49. The smallest absolute Gasteiger partial charge is 0.234 e. The summed E-state index contributed by atoms with van der Waals surface area (Å²) >= 11 is 0. The molecule has 0 amide bonds. The summed E-state index contributed by atoms with van der Waals surface area (Å²) in [5.41, 5.74) is 0. The van der Waals surface area contributed by atoms with Crippen molar-refractivity contribution in [2.75, 3.05) is 0 Å². The highest BCUT2D eigenvalue weighted by molar-refractivity contribution is 4.85. The third kappa shape index (κ3) is 17.3. The van der Waals surface area contributed by atoms with Gasteiger partial charge < -0.3 is 0 Å². The molecule has 0 radical (unpaired) electrons. The third-order valence-corrected chi connectivity index (χ3v) is 7.85. The monoisotopic (exact) mass is 490 g/mol. The molecular formula is C33H65N2+. The molecule has 0 atom stereocenters. The van der Waals surface area contributed by atoms with Gasteiger partial charge in [0.25, 0.3) is 5.82 Å². The van der Waals surface area contributed by atoms with E-state index in [2.05, 4.69) is 49.2 Å². The maximum absolute atomic E-state index is 2.56. The Kier molecular flexibility index (Phi) is 21.7. The van der Waals surface area contributed by atoms with Crippen LogP contribution in [0, 0.1) is 0 Å². The van der Waals surface area contributed by atoms with Gasteiger partial charge in [0.2, 0.25) is 0 Å². The van der Waals surface area contributed by atoms with Crippen molar-refractivity contribution in [1.29, 1.82) is 0 Å². The van der Waals surface area contributed by atoms with E-state index in [1.807, 2.05) is 0 Å². The number of hydrogen-bond donors (Lipinski definition) is 0. The Balaban J connectivity index is 2.03. The van der Waals surface area contributed by atoms with Gasteiger partial charge in [0.15, 0.2) is 0 Å². The van der Waals surface area contributed by atoms with Crippen molar-refractivity contribution in [2.45, 2.75) is 194 Å². The van der Waals surface area contributed by atoms with Gasteiger partial charge >= 0.3 is 0 Å². The predicted octanol–water partition coefficient (Wildman–Crippen LogP) is 10.9. The Hall–Kier alpha value is -0.790. The summed E-state index contributed by atoms with van der Waals surface area (Å²) in [6.45, 7) is 10.5. The van der Waals surface area contributed by atoms with Gasteiger partial charge in [-0.15, -0.1) is 0 Å². The van der Waals surface area contributed by atoms with Gasteiger partial charge in [-0.3, -0.25) is 0 Å². The summed E-state index contributed by atoms with van der Waals surface area (Å²) in [7, 11) is 0. The largest absolute Gasteiger partial charge is 0.256 e. The van der Waals surface area contributed by atoms with Gasteiger partial charge in [0.05, 0.1) is 12.6 Å². The molecule has 0 aliphatic carbocycles. The van der Waals surface area contributed by atoms with Crippen molar-refractivity contribution >= 4 is 0 Å². The molecule has 0 unspecified atom stereocenters. The van der Waals surface area contributed by atoms with Gasteiger partial charge in [-0.05, 0) is 33.1 Å². The van der Waals surface area contributed by atoms with Gasteiger partial charge in [-0.2, -0.15) is 0 Å².